The Kier molecular flexibility index (Phi) is 12.5. The van der Waals surface area contributed by atoms with Crippen molar-refractivity contribution < 1.29 is 49.0 Å². The molecule has 0 aliphatic carbocycles. The monoisotopic (exact) mass is 342 g/mol. The molecule has 0 saturated carbocycles. The number of carboxylic acid groups (broad SMARTS) is 1. The van der Waals surface area contributed by atoms with E-state index in [0.29, 0.717) is 6.42 Å². The first-order valence-corrected chi connectivity index (χ1v) is 7.88. The zero-order chi connectivity index (χ0) is 17.1. The summed E-state index contributed by atoms with van der Waals surface area (Å²) < 4.78 is 0. The number of aliphatic carboxylic acids is 1. The summed E-state index contributed by atoms with van der Waals surface area (Å²) in [5.41, 5.74) is 5.32. The molecule has 1 aromatic rings. The molecule has 0 unspecified atom stereocenters. The third-order valence-electron chi connectivity index (χ3n) is 3.44. The summed E-state index contributed by atoms with van der Waals surface area (Å²) in [4.78, 5) is 34.4. The molecule has 1 rings (SSSR count). The number of unbranched alkanes of at least 4 members (excludes halogenated alkanes) is 3. The van der Waals surface area contributed by atoms with Gasteiger partial charge in [0.25, 0.3) is 0 Å². The van der Waals surface area contributed by atoms with Crippen LogP contribution in [0.4, 0.5) is 0 Å². The van der Waals surface area contributed by atoms with Crippen LogP contribution in [0.25, 0.3) is 0 Å². The summed E-state index contributed by atoms with van der Waals surface area (Å²) >= 11 is 0. The second kappa shape index (κ2) is 13.1. The van der Waals surface area contributed by atoms with Gasteiger partial charge in [-0.3, -0.25) is 15.0 Å². The number of carboxylic acids is 1. The van der Waals surface area contributed by atoms with Crippen molar-refractivity contribution >= 4 is 17.7 Å². The predicted molar refractivity (Wildman–Crippen MR) is 84.0 cm³/mol. The first kappa shape index (κ1) is 22.8. The topological polar surface area (TPSA) is 98.3 Å². The van der Waals surface area contributed by atoms with Crippen LogP contribution in [-0.4, -0.2) is 23.7 Å². The van der Waals surface area contributed by atoms with Crippen LogP contribution in [0.1, 0.15) is 44.6 Å². The smallest absolute Gasteiger partial charge is 0.548 e. The van der Waals surface area contributed by atoms with Crippen LogP contribution in [-0.2, 0) is 20.8 Å². The molecule has 0 aliphatic heterocycles. The van der Waals surface area contributed by atoms with Gasteiger partial charge in [-0.15, -0.1) is 0 Å². The Bertz CT molecular complexity index is 523. The van der Waals surface area contributed by atoms with Gasteiger partial charge in [0.2, 0.25) is 5.78 Å². The fourth-order valence-electron chi connectivity index (χ4n) is 2.09. The number of amides is 1. The summed E-state index contributed by atoms with van der Waals surface area (Å²) in [5, 5.41) is 11.1. The standard InChI is InChI=1S/C17H24N2O4.Na/c1-2-3-4-8-11-15(20)16(21)19-18-14(17(22)23)12-13-9-6-5-7-10-13;/h5-7,9-10,14,18H,2-4,8,11-12H2,1H3,(H,19,21)(H,22,23);/q;+1/p-1/t14-;/m0./s1. The number of carbonyl (C=O) groups is 3. The van der Waals surface area contributed by atoms with Gasteiger partial charge in [0.05, 0.1) is 12.0 Å². The SMILES string of the molecule is CCCCCCC(=O)C(=O)NN[C@@H](Cc1ccccc1)C(=O)[O-].[Na+]. The average molecular weight is 342 g/mol. The fraction of sp³-hybridized carbons (Fsp3) is 0.471. The molecule has 7 heteroatoms. The molecule has 1 atom stereocenters. The normalized spacial score (nSPS) is 11.2. The molecule has 0 radical (unpaired) electrons. The first-order chi connectivity index (χ1) is 11.0. The van der Waals surface area contributed by atoms with Crippen LogP contribution in [0.15, 0.2) is 30.3 Å². The van der Waals surface area contributed by atoms with Crippen molar-refractivity contribution in [3.8, 4) is 0 Å². The summed E-state index contributed by atoms with van der Waals surface area (Å²) in [6, 6.07) is 7.86. The van der Waals surface area contributed by atoms with Crippen molar-refractivity contribution in [2.45, 2.75) is 51.5 Å². The van der Waals surface area contributed by atoms with Crippen LogP contribution in [0.3, 0.4) is 0 Å². The summed E-state index contributed by atoms with van der Waals surface area (Å²) in [7, 11) is 0. The van der Waals surface area contributed by atoms with Crippen molar-refractivity contribution in [2.75, 3.05) is 0 Å². The molecule has 0 saturated heterocycles. The van der Waals surface area contributed by atoms with E-state index in [4.69, 9.17) is 0 Å². The van der Waals surface area contributed by atoms with Crippen molar-refractivity contribution in [1.82, 2.24) is 10.9 Å². The van der Waals surface area contributed by atoms with Crippen LogP contribution < -0.4 is 45.5 Å². The van der Waals surface area contributed by atoms with E-state index in [-0.39, 0.29) is 42.4 Å². The van der Waals surface area contributed by atoms with Gasteiger partial charge < -0.3 is 9.90 Å². The van der Waals surface area contributed by atoms with Crippen molar-refractivity contribution in [3.63, 3.8) is 0 Å². The van der Waals surface area contributed by atoms with Crippen LogP contribution in [0.2, 0.25) is 0 Å². The maximum atomic E-state index is 11.6. The van der Waals surface area contributed by atoms with E-state index in [1.54, 1.807) is 24.3 Å². The number of hydrazine groups is 1. The van der Waals surface area contributed by atoms with E-state index in [1.165, 1.54) is 0 Å². The minimum atomic E-state index is -1.34. The molecule has 0 aromatic heterocycles. The molecular formula is C17H23N2NaO4. The van der Waals surface area contributed by atoms with Gasteiger partial charge >= 0.3 is 35.5 Å². The Balaban J connectivity index is 0.00000529. The number of hydrogen-bond donors (Lipinski definition) is 2. The average Bonchev–Trinajstić information content (AvgIpc) is 2.55. The Labute approximate surface area is 164 Å². The molecule has 0 heterocycles. The number of benzene rings is 1. The maximum Gasteiger partial charge on any atom is 1.00 e. The molecule has 0 aliphatic rings. The van der Waals surface area contributed by atoms with Crippen molar-refractivity contribution in [2.24, 2.45) is 0 Å². The van der Waals surface area contributed by atoms with E-state index < -0.39 is 23.7 Å². The van der Waals surface area contributed by atoms with Gasteiger partial charge in [-0.2, -0.15) is 0 Å². The molecule has 1 aromatic carbocycles. The molecule has 126 valence electrons. The van der Waals surface area contributed by atoms with E-state index >= 15 is 0 Å². The summed E-state index contributed by atoms with van der Waals surface area (Å²) in [6.07, 6.45) is 3.95. The minimum absolute atomic E-state index is 0. The molecular weight excluding hydrogens is 319 g/mol. The van der Waals surface area contributed by atoms with E-state index in [1.807, 2.05) is 6.07 Å². The number of nitrogens with one attached hydrogen (secondary N) is 2. The predicted octanol–water partition coefficient (Wildman–Crippen LogP) is -2.49. The van der Waals surface area contributed by atoms with Gasteiger partial charge in [0.1, 0.15) is 0 Å². The van der Waals surface area contributed by atoms with Crippen molar-refractivity contribution in [1.29, 1.82) is 0 Å². The summed E-state index contributed by atoms with van der Waals surface area (Å²) in [6.45, 7) is 2.06. The Hall–Kier alpha value is -1.21. The number of ketones is 1. The first-order valence-electron chi connectivity index (χ1n) is 7.88. The molecule has 1 amide bonds. The van der Waals surface area contributed by atoms with Gasteiger partial charge in [-0.25, -0.2) is 5.43 Å². The zero-order valence-corrected chi connectivity index (χ0v) is 16.3. The number of rotatable bonds is 11. The fourth-order valence-corrected chi connectivity index (χ4v) is 2.09. The van der Waals surface area contributed by atoms with E-state index in [9.17, 15) is 19.5 Å². The Morgan fingerprint density at radius 1 is 1.08 bits per heavy atom. The van der Waals surface area contributed by atoms with Gasteiger partial charge in [-0.1, -0.05) is 56.5 Å². The largest absolute Gasteiger partial charge is 1.00 e. The van der Waals surface area contributed by atoms with E-state index in [0.717, 1.165) is 24.8 Å². The number of carbonyl (C=O) groups excluding carboxylic acids is 3. The summed E-state index contributed by atoms with van der Waals surface area (Å²) in [5.74, 6) is -2.71. The third kappa shape index (κ3) is 9.17. The molecule has 0 spiro atoms. The third-order valence-corrected chi connectivity index (χ3v) is 3.44. The second-order valence-electron chi connectivity index (χ2n) is 5.39. The molecule has 24 heavy (non-hydrogen) atoms. The number of hydrogen-bond acceptors (Lipinski definition) is 5. The molecule has 6 nitrogen and oxygen atoms in total. The second-order valence-corrected chi connectivity index (χ2v) is 5.39. The Morgan fingerprint density at radius 3 is 2.33 bits per heavy atom. The molecule has 0 bridgehead atoms. The van der Waals surface area contributed by atoms with Crippen LogP contribution in [0, 0.1) is 0 Å². The quantitative estimate of drug-likeness (QED) is 0.201. The van der Waals surface area contributed by atoms with E-state index in [2.05, 4.69) is 17.8 Å². The maximum absolute atomic E-state index is 11.6. The Morgan fingerprint density at radius 2 is 1.75 bits per heavy atom. The number of Topliss-reactive ketones (excluding diaryl/α,β-unsaturated/α-hetero) is 1. The molecule has 0 fully saturated rings. The molecule has 2 N–H and O–H groups in total. The van der Waals surface area contributed by atoms with Crippen molar-refractivity contribution in [3.05, 3.63) is 35.9 Å². The van der Waals surface area contributed by atoms with Crippen LogP contribution >= 0.6 is 0 Å². The van der Waals surface area contributed by atoms with Crippen LogP contribution in [0.5, 0.6) is 0 Å². The van der Waals surface area contributed by atoms with Gasteiger partial charge in [-0.05, 0) is 18.4 Å². The van der Waals surface area contributed by atoms with Gasteiger partial charge in [0.15, 0.2) is 0 Å². The van der Waals surface area contributed by atoms with Gasteiger partial charge in [0, 0.05) is 6.42 Å². The zero-order valence-electron chi connectivity index (χ0n) is 14.3. The minimum Gasteiger partial charge on any atom is -0.548 e.